The standard InChI is InChI=1S/C15H26O5/c16-10-3-1-8-5-13(19)15(20-14(8)7-10)9-2-4-11(17)12(18)6-9/h8-19H,1-7H2/p+1. The van der Waals surface area contributed by atoms with Crippen LogP contribution in [0.5, 0.6) is 0 Å². The average Bonchev–Trinajstić information content (AvgIpc) is 2.42. The molecular weight excluding hydrogens is 260 g/mol. The molecule has 3 aliphatic rings. The number of aliphatic hydroxyl groups excluding tert-OH is 4. The van der Waals surface area contributed by atoms with Gasteiger partial charge in [-0.1, -0.05) is 0 Å². The molecule has 0 radical (unpaired) electrons. The first-order valence-corrected chi connectivity index (χ1v) is 7.97. The molecule has 3 fully saturated rings. The summed E-state index contributed by atoms with van der Waals surface area (Å²) in [6.45, 7) is 0. The van der Waals surface area contributed by atoms with Gasteiger partial charge in [0, 0.05) is 18.3 Å². The molecule has 5 nitrogen and oxygen atoms in total. The summed E-state index contributed by atoms with van der Waals surface area (Å²) in [6, 6.07) is 0. The number of hydrogen-bond acceptors (Lipinski definition) is 4. The van der Waals surface area contributed by atoms with E-state index in [1.54, 1.807) is 0 Å². The Kier molecular flexibility index (Phi) is 4.34. The van der Waals surface area contributed by atoms with E-state index in [4.69, 9.17) is 4.74 Å². The van der Waals surface area contributed by atoms with Gasteiger partial charge >= 0.3 is 0 Å². The maximum Gasteiger partial charge on any atom is 0.184 e. The van der Waals surface area contributed by atoms with Crippen LogP contribution in [-0.2, 0) is 0 Å². The first-order valence-electron chi connectivity index (χ1n) is 7.97. The highest BCUT2D eigenvalue weighted by Crippen LogP contribution is 2.39. The SMILES string of the molecule is OC1CCC2CC(O)C(C3CCC(O)C(O)C3)[OH+]C2C1. The van der Waals surface area contributed by atoms with Crippen molar-refractivity contribution < 1.29 is 25.2 Å². The van der Waals surface area contributed by atoms with Crippen molar-refractivity contribution in [3.63, 3.8) is 0 Å². The predicted molar refractivity (Wildman–Crippen MR) is 73.1 cm³/mol. The third kappa shape index (κ3) is 2.88. The second-order valence-corrected chi connectivity index (χ2v) is 6.94. The molecule has 1 saturated heterocycles. The van der Waals surface area contributed by atoms with Gasteiger partial charge in [-0.2, -0.15) is 0 Å². The lowest BCUT2D eigenvalue weighted by atomic mass is 9.74. The molecule has 0 aromatic carbocycles. The van der Waals surface area contributed by atoms with Gasteiger partial charge < -0.3 is 25.2 Å². The lowest BCUT2D eigenvalue weighted by molar-refractivity contribution is -0.284. The van der Waals surface area contributed by atoms with Gasteiger partial charge in [0.25, 0.3) is 0 Å². The van der Waals surface area contributed by atoms with E-state index < -0.39 is 18.3 Å². The Labute approximate surface area is 119 Å². The van der Waals surface area contributed by atoms with Crippen LogP contribution >= 0.6 is 0 Å². The summed E-state index contributed by atoms with van der Waals surface area (Å²) in [5.74, 6) is 0.562. The maximum atomic E-state index is 10.4. The number of fused-ring (bicyclic) bond motifs is 1. The van der Waals surface area contributed by atoms with E-state index in [0.29, 0.717) is 25.2 Å². The van der Waals surface area contributed by atoms with E-state index in [-0.39, 0.29) is 24.2 Å². The average molecular weight is 287 g/mol. The second-order valence-electron chi connectivity index (χ2n) is 6.94. The molecule has 8 unspecified atom stereocenters. The lowest BCUT2D eigenvalue weighted by Crippen LogP contribution is -2.54. The minimum atomic E-state index is -0.689. The second kappa shape index (κ2) is 5.89. The highest BCUT2D eigenvalue weighted by molar-refractivity contribution is 4.93. The molecule has 1 heterocycles. The highest BCUT2D eigenvalue weighted by atomic mass is 16.5. The molecule has 0 amide bonds. The molecule has 3 rings (SSSR count). The van der Waals surface area contributed by atoms with Crippen molar-refractivity contribution in [2.24, 2.45) is 11.8 Å². The molecule has 8 atom stereocenters. The fourth-order valence-electron chi connectivity index (χ4n) is 4.32. The number of aliphatic hydroxyl groups is 6. The van der Waals surface area contributed by atoms with Gasteiger partial charge in [-0.3, -0.25) is 0 Å². The van der Waals surface area contributed by atoms with E-state index in [2.05, 4.69) is 0 Å². The van der Waals surface area contributed by atoms with Gasteiger partial charge in [-0.15, -0.1) is 0 Å². The molecule has 5 N–H and O–H groups in total. The van der Waals surface area contributed by atoms with Crippen LogP contribution in [-0.4, -0.2) is 61.8 Å². The molecule has 0 aromatic rings. The van der Waals surface area contributed by atoms with Gasteiger partial charge in [-0.25, -0.2) is 0 Å². The van der Waals surface area contributed by atoms with Gasteiger partial charge in [0.15, 0.2) is 12.2 Å². The first-order chi connectivity index (χ1) is 9.54. The zero-order valence-electron chi connectivity index (χ0n) is 11.8. The predicted octanol–water partition coefficient (Wildman–Crippen LogP) is -0.301. The van der Waals surface area contributed by atoms with E-state index in [1.165, 1.54) is 0 Å². The van der Waals surface area contributed by atoms with E-state index >= 15 is 0 Å². The molecule has 2 aliphatic carbocycles. The zero-order chi connectivity index (χ0) is 14.3. The van der Waals surface area contributed by atoms with Gasteiger partial charge in [0.05, 0.1) is 18.3 Å². The van der Waals surface area contributed by atoms with Crippen LogP contribution < -0.4 is 0 Å². The number of ether oxygens (including phenoxy) is 1. The summed E-state index contributed by atoms with van der Waals surface area (Å²) in [6.07, 6.45) is 3.19. The van der Waals surface area contributed by atoms with Crippen molar-refractivity contribution in [2.45, 2.75) is 81.6 Å². The van der Waals surface area contributed by atoms with Crippen molar-refractivity contribution >= 4 is 0 Å². The fraction of sp³-hybridized carbons (Fsp3) is 1.00. The van der Waals surface area contributed by atoms with Gasteiger partial charge in [0.1, 0.15) is 6.10 Å². The van der Waals surface area contributed by atoms with E-state index in [0.717, 1.165) is 25.7 Å². The number of hydrogen-bond donors (Lipinski definition) is 4. The molecule has 0 spiro atoms. The Morgan fingerprint density at radius 1 is 0.650 bits per heavy atom. The lowest BCUT2D eigenvalue weighted by Gasteiger charge is -2.43. The monoisotopic (exact) mass is 287 g/mol. The Balaban J connectivity index is 1.64. The minimum Gasteiger partial charge on any atom is -0.427 e. The van der Waals surface area contributed by atoms with Crippen LogP contribution in [0.15, 0.2) is 0 Å². The first kappa shape index (κ1) is 14.7. The van der Waals surface area contributed by atoms with Crippen LogP contribution in [0.2, 0.25) is 0 Å². The fourth-order valence-corrected chi connectivity index (χ4v) is 4.32. The molecule has 20 heavy (non-hydrogen) atoms. The molecular formula is C15H27O5+. The van der Waals surface area contributed by atoms with Crippen molar-refractivity contribution in [1.29, 1.82) is 0 Å². The largest absolute Gasteiger partial charge is 0.427 e. The summed E-state index contributed by atoms with van der Waals surface area (Å²) in [5, 5.41) is 39.6. The Bertz CT molecular complexity index is 336. The zero-order valence-corrected chi connectivity index (χ0v) is 11.8. The molecule has 116 valence electrons. The topological polar surface area (TPSA) is 93.7 Å². The Morgan fingerprint density at radius 2 is 1.35 bits per heavy atom. The number of rotatable bonds is 1. The summed E-state index contributed by atoms with van der Waals surface area (Å²) in [4.78, 5) is 0. The minimum absolute atomic E-state index is 0.135. The van der Waals surface area contributed by atoms with Crippen LogP contribution in [0.3, 0.4) is 0 Å². The van der Waals surface area contributed by atoms with Crippen LogP contribution in [0.25, 0.3) is 0 Å². The molecule has 1 aliphatic heterocycles. The van der Waals surface area contributed by atoms with Gasteiger partial charge in [0.2, 0.25) is 0 Å². The van der Waals surface area contributed by atoms with Crippen molar-refractivity contribution in [1.82, 2.24) is 0 Å². The quantitative estimate of drug-likeness (QED) is 0.498. The van der Waals surface area contributed by atoms with E-state index in [1.807, 2.05) is 0 Å². The molecule has 0 aromatic heterocycles. The summed E-state index contributed by atoms with van der Waals surface area (Å²) >= 11 is 0. The van der Waals surface area contributed by atoms with Gasteiger partial charge in [-0.05, 0) is 38.5 Å². The van der Waals surface area contributed by atoms with Crippen LogP contribution in [0.4, 0.5) is 0 Å². The van der Waals surface area contributed by atoms with Crippen molar-refractivity contribution in [2.75, 3.05) is 0 Å². The van der Waals surface area contributed by atoms with Crippen molar-refractivity contribution in [3.8, 4) is 0 Å². The van der Waals surface area contributed by atoms with E-state index in [9.17, 15) is 20.4 Å². The third-order valence-corrected chi connectivity index (χ3v) is 5.54. The molecule has 0 bridgehead atoms. The summed E-state index contributed by atoms with van der Waals surface area (Å²) in [7, 11) is 0. The van der Waals surface area contributed by atoms with Crippen molar-refractivity contribution in [3.05, 3.63) is 0 Å². The third-order valence-electron chi connectivity index (χ3n) is 5.54. The van der Waals surface area contributed by atoms with Crippen LogP contribution in [0.1, 0.15) is 44.9 Å². The smallest absolute Gasteiger partial charge is 0.184 e. The highest BCUT2D eigenvalue weighted by Gasteiger charge is 2.48. The Morgan fingerprint density at radius 3 is 2.10 bits per heavy atom. The molecule has 2 saturated carbocycles. The summed E-state index contributed by atoms with van der Waals surface area (Å²) in [5.41, 5.74) is 0. The molecule has 5 heteroatoms. The maximum absolute atomic E-state index is 10.4. The van der Waals surface area contributed by atoms with Crippen LogP contribution in [0, 0.1) is 11.8 Å². The normalized spacial score (nSPS) is 53.4. The summed E-state index contributed by atoms with van der Waals surface area (Å²) < 4.78 is 4.82. The Hall–Kier alpha value is -0.200.